The van der Waals surface area contributed by atoms with Crippen LogP contribution in [0.2, 0.25) is 0 Å². The van der Waals surface area contributed by atoms with E-state index < -0.39 is 12.0 Å². The van der Waals surface area contributed by atoms with Crippen molar-refractivity contribution in [3.8, 4) is 5.75 Å². The van der Waals surface area contributed by atoms with E-state index in [2.05, 4.69) is 9.72 Å². The predicted molar refractivity (Wildman–Crippen MR) is 92.3 cm³/mol. The molecule has 1 saturated heterocycles. The third-order valence-electron chi connectivity index (χ3n) is 3.21. The number of alkyl halides is 3. The first kappa shape index (κ1) is 21.9. The quantitative estimate of drug-likeness (QED) is 0.778. The van der Waals surface area contributed by atoms with Gasteiger partial charge in [-0.1, -0.05) is 13.8 Å². The topological polar surface area (TPSA) is 54.9 Å². The van der Waals surface area contributed by atoms with E-state index in [1.165, 1.54) is 12.1 Å². The van der Waals surface area contributed by atoms with Crippen LogP contribution in [0.5, 0.6) is 5.75 Å². The zero-order valence-electron chi connectivity index (χ0n) is 15.8. The Morgan fingerprint density at radius 1 is 1.08 bits per heavy atom. The maximum absolute atomic E-state index is 12.1. The van der Waals surface area contributed by atoms with E-state index in [1.54, 1.807) is 25.7 Å². The fourth-order valence-electron chi connectivity index (χ4n) is 2.20. The molecular formula is C17H26F3N3O3. The van der Waals surface area contributed by atoms with Crippen molar-refractivity contribution in [2.45, 2.75) is 46.6 Å². The van der Waals surface area contributed by atoms with Gasteiger partial charge in [-0.05, 0) is 32.9 Å². The number of nitrogens with zero attached hydrogens (tertiary/aromatic N) is 3. The largest absolute Gasteiger partial charge is 0.573 e. The summed E-state index contributed by atoms with van der Waals surface area (Å²) < 4.78 is 45.5. The molecule has 1 fully saturated rings. The van der Waals surface area contributed by atoms with Gasteiger partial charge >= 0.3 is 12.5 Å². The minimum absolute atomic E-state index is 0.362. The molecule has 1 amide bonds. The monoisotopic (exact) mass is 377 g/mol. The van der Waals surface area contributed by atoms with Crippen LogP contribution in [0.25, 0.3) is 0 Å². The number of hydrogen-bond donors (Lipinski definition) is 0. The molecule has 2 rings (SSSR count). The molecule has 2 heterocycles. The molecule has 0 aliphatic carbocycles. The Balaban J connectivity index is 0.00000163. The van der Waals surface area contributed by atoms with E-state index in [1.807, 2.05) is 18.7 Å². The highest BCUT2D eigenvalue weighted by molar-refractivity contribution is 5.68. The number of ether oxygens (including phenoxy) is 2. The van der Waals surface area contributed by atoms with Gasteiger partial charge in [-0.15, -0.1) is 13.2 Å². The molecule has 9 heteroatoms. The molecule has 26 heavy (non-hydrogen) atoms. The van der Waals surface area contributed by atoms with E-state index in [4.69, 9.17) is 4.74 Å². The van der Waals surface area contributed by atoms with Crippen LogP contribution in [-0.4, -0.2) is 54.1 Å². The van der Waals surface area contributed by atoms with Gasteiger partial charge in [0.15, 0.2) is 0 Å². The van der Waals surface area contributed by atoms with Crippen LogP contribution in [0, 0.1) is 0 Å². The van der Waals surface area contributed by atoms with Crippen molar-refractivity contribution in [1.82, 2.24) is 9.88 Å². The number of aromatic nitrogens is 1. The number of anilines is 1. The lowest BCUT2D eigenvalue weighted by Gasteiger charge is -2.36. The first-order valence-corrected chi connectivity index (χ1v) is 8.48. The molecule has 1 aromatic heterocycles. The van der Waals surface area contributed by atoms with E-state index in [0.717, 1.165) is 6.20 Å². The Kier molecular flexibility index (Phi) is 7.53. The highest BCUT2D eigenvalue weighted by Gasteiger charge is 2.31. The molecule has 6 nitrogen and oxygen atoms in total. The Morgan fingerprint density at radius 2 is 1.65 bits per heavy atom. The van der Waals surface area contributed by atoms with Crippen LogP contribution in [-0.2, 0) is 4.74 Å². The number of halogens is 3. The Bertz CT molecular complexity index is 563. The zero-order valence-corrected chi connectivity index (χ0v) is 15.8. The molecular weight excluding hydrogens is 351 g/mol. The molecule has 0 aromatic carbocycles. The van der Waals surface area contributed by atoms with E-state index >= 15 is 0 Å². The fraction of sp³-hybridized carbons (Fsp3) is 0.647. The second-order valence-corrected chi connectivity index (χ2v) is 6.35. The highest BCUT2D eigenvalue weighted by atomic mass is 19.4. The smallest absolute Gasteiger partial charge is 0.444 e. The summed E-state index contributed by atoms with van der Waals surface area (Å²) in [5.41, 5.74) is -0.552. The van der Waals surface area contributed by atoms with Gasteiger partial charge in [-0.25, -0.2) is 9.78 Å². The second-order valence-electron chi connectivity index (χ2n) is 6.35. The molecule has 1 aromatic rings. The van der Waals surface area contributed by atoms with Crippen molar-refractivity contribution in [2.75, 3.05) is 31.1 Å². The zero-order chi connectivity index (χ0) is 20.0. The maximum atomic E-state index is 12.1. The van der Waals surface area contributed by atoms with Crippen LogP contribution in [0.15, 0.2) is 18.3 Å². The lowest BCUT2D eigenvalue weighted by molar-refractivity contribution is -0.274. The molecule has 0 unspecified atom stereocenters. The summed E-state index contributed by atoms with van der Waals surface area (Å²) >= 11 is 0. The lowest BCUT2D eigenvalue weighted by atomic mass is 10.2. The third kappa shape index (κ3) is 7.37. The summed E-state index contributed by atoms with van der Waals surface area (Å²) in [4.78, 5) is 19.5. The Morgan fingerprint density at radius 3 is 2.08 bits per heavy atom. The fourth-order valence-corrected chi connectivity index (χ4v) is 2.20. The minimum Gasteiger partial charge on any atom is -0.444 e. The van der Waals surface area contributed by atoms with Crippen LogP contribution in [0.3, 0.4) is 0 Å². The number of piperazine rings is 1. The first-order valence-electron chi connectivity index (χ1n) is 8.48. The van der Waals surface area contributed by atoms with Crippen molar-refractivity contribution in [3.05, 3.63) is 18.3 Å². The van der Waals surface area contributed by atoms with Gasteiger partial charge in [0.05, 0.1) is 6.20 Å². The van der Waals surface area contributed by atoms with Gasteiger partial charge in [0.1, 0.15) is 17.2 Å². The summed E-state index contributed by atoms with van der Waals surface area (Å²) in [6.45, 7) is 11.4. The average Bonchev–Trinajstić information content (AvgIpc) is 2.54. The number of carbonyl (C=O) groups excluding carboxylic acids is 1. The van der Waals surface area contributed by atoms with Gasteiger partial charge in [0.2, 0.25) is 0 Å². The van der Waals surface area contributed by atoms with Crippen LogP contribution in [0.1, 0.15) is 34.6 Å². The van der Waals surface area contributed by atoms with Crippen LogP contribution < -0.4 is 9.64 Å². The molecule has 0 atom stereocenters. The first-order chi connectivity index (χ1) is 12.0. The van der Waals surface area contributed by atoms with Crippen LogP contribution in [0.4, 0.5) is 23.8 Å². The molecule has 0 N–H and O–H groups in total. The summed E-state index contributed by atoms with van der Waals surface area (Å²) in [7, 11) is 0. The van der Waals surface area contributed by atoms with E-state index in [-0.39, 0.29) is 11.8 Å². The predicted octanol–water partition coefficient (Wildman–Crippen LogP) is 4.06. The number of hydrogen-bond acceptors (Lipinski definition) is 5. The Labute approximate surface area is 151 Å². The second kappa shape index (κ2) is 8.95. The SMILES string of the molecule is CC.CC(C)(C)OC(=O)N1CCN(c2ccc(OC(F)(F)F)cn2)CC1. The van der Waals surface area contributed by atoms with Gasteiger partial charge in [0.25, 0.3) is 0 Å². The Hall–Kier alpha value is -2.19. The summed E-state index contributed by atoms with van der Waals surface area (Å²) in [5.74, 6) is 0.173. The molecule has 0 spiro atoms. The van der Waals surface area contributed by atoms with Crippen molar-refractivity contribution >= 4 is 11.9 Å². The number of amides is 1. The molecule has 0 bridgehead atoms. The van der Waals surface area contributed by atoms with Crippen molar-refractivity contribution in [1.29, 1.82) is 0 Å². The minimum atomic E-state index is -4.73. The molecule has 1 aliphatic heterocycles. The third-order valence-corrected chi connectivity index (χ3v) is 3.21. The van der Waals surface area contributed by atoms with Gasteiger partial charge in [0, 0.05) is 26.2 Å². The number of pyridine rings is 1. The maximum Gasteiger partial charge on any atom is 0.573 e. The van der Waals surface area contributed by atoms with Crippen molar-refractivity contribution in [3.63, 3.8) is 0 Å². The molecule has 0 saturated carbocycles. The molecule has 1 aliphatic rings. The lowest BCUT2D eigenvalue weighted by Crippen LogP contribution is -2.50. The summed E-state index contributed by atoms with van der Waals surface area (Å²) in [6, 6.07) is 2.68. The highest BCUT2D eigenvalue weighted by Crippen LogP contribution is 2.24. The van der Waals surface area contributed by atoms with Crippen LogP contribution >= 0.6 is 0 Å². The summed E-state index contributed by atoms with van der Waals surface area (Å²) in [6.07, 6.45) is -4.07. The normalized spacial score (nSPS) is 15.1. The average molecular weight is 377 g/mol. The van der Waals surface area contributed by atoms with Crippen molar-refractivity contribution < 1.29 is 27.4 Å². The van der Waals surface area contributed by atoms with Crippen molar-refractivity contribution in [2.24, 2.45) is 0 Å². The van der Waals surface area contributed by atoms with Gasteiger partial charge in [-0.2, -0.15) is 0 Å². The number of carbonyl (C=O) groups is 1. The molecule has 148 valence electrons. The standard InChI is InChI=1S/C15H20F3N3O3.C2H6/c1-14(2,3)24-13(22)21-8-6-20(7-9-21)12-5-4-11(10-19-12)23-15(16,17)18;1-2/h4-5,10H,6-9H2,1-3H3;1-2H3. The van der Waals surface area contributed by atoms with Gasteiger partial charge < -0.3 is 19.3 Å². The summed E-state index contributed by atoms with van der Waals surface area (Å²) in [5, 5.41) is 0. The van der Waals surface area contributed by atoms with E-state index in [0.29, 0.717) is 32.0 Å². The number of rotatable bonds is 2. The van der Waals surface area contributed by atoms with Gasteiger partial charge in [-0.3, -0.25) is 0 Å². The van der Waals surface area contributed by atoms with E-state index in [9.17, 15) is 18.0 Å². The molecule has 0 radical (unpaired) electrons.